The van der Waals surface area contributed by atoms with E-state index in [1.165, 1.54) is 4.90 Å². The largest absolute Gasteiger partial charge is 0.405 e. The Labute approximate surface area is 130 Å². The van der Waals surface area contributed by atoms with Gasteiger partial charge in [-0.15, -0.1) is 10.2 Å². The molecule has 122 valence electrons. The molecule has 2 heterocycles. The molecule has 0 fully saturated rings. The number of halogens is 3. The van der Waals surface area contributed by atoms with Crippen molar-refractivity contribution >= 4 is 23.0 Å². The highest BCUT2D eigenvalue weighted by atomic mass is 19.4. The van der Waals surface area contributed by atoms with Crippen molar-refractivity contribution < 1.29 is 13.2 Å². The number of benzene rings is 1. The third kappa shape index (κ3) is 3.61. The van der Waals surface area contributed by atoms with Crippen LogP contribution in [0.4, 0.5) is 36.2 Å². The number of aromatic amines is 1. The number of aromatic nitrogens is 2. The summed E-state index contributed by atoms with van der Waals surface area (Å²) in [6.45, 7) is -0.134. The summed E-state index contributed by atoms with van der Waals surface area (Å²) in [7, 11) is 1.85. The zero-order valence-electron chi connectivity index (χ0n) is 12.4. The Bertz CT molecular complexity index is 695. The molecule has 3 rings (SSSR count). The number of hydrogen-bond donors (Lipinski definition) is 1. The maximum atomic E-state index is 12.8. The lowest BCUT2D eigenvalue weighted by atomic mass is 10.1. The molecule has 0 saturated carbocycles. The number of alkyl halides is 3. The zero-order valence-corrected chi connectivity index (χ0v) is 12.4. The molecular weight excluding hydrogens is 309 g/mol. The molecule has 1 aliphatic rings. The summed E-state index contributed by atoms with van der Waals surface area (Å²) in [5.41, 5.74) is 1.73. The first kappa shape index (κ1) is 15.3. The second-order valence-electron chi connectivity index (χ2n) is 5.24. The summed E-state index contributed by atoms with van der Waals surface area (Å²) in [5.74, 6) is 0.340. The Morgan fingerprint density at radius 3 is 2.74 bits per heavy atom. The minimum Gasteiger partial charge on any atom is -0.371 e. The Morgan fingerprint density at radius 2 is 2.04 bits per heavy atom. The lowest BCUT2D eigenvalue weighted by molar-refractivity contribution is -0.119. The number of hydrogen-bond acceptors (Lipinski definition) is 5. The number of likely N-dealkylation sites (N-methyl/N-ethyl adjacent to an activating group) is 1. The normalized spacial score (nSPS) is 15.3. The van der Waals surface area contributed by atoms with E-state index >= 15 is 0 Å². The number of anilines is 2. The molecule has 9 heteroatoms. The number of azo groups is 1. The average molecular weight is 324 g/mol. The van der Waals surface area contributed by atoms with E-state index in [0.717, 1.165) is 5.69 Å². The van der Waals surface area contributed by atoms with Crippen LogP contribution in [0.5, 0.6) is 0 Å². The van der Waals surface area contributed by atoms with Gasteiger partial charge in [0.1, 0.15) is 6.54 Å². The highest BCUT2D eigenvalue weighted by molar-refractivity contribution is 5.76. The van der Waals surface area contributed by atoms with Crippen molar-refractivity contribution in [2.75, 3.05) is 36.5 Å². The monoisotopic (exact) mass is 324 g/mol. The Kier molecular flexibility index (Phi) is 3.93. The molecule has 6 nitrogen and oxygen atoms in total. The van der Waals surface area contributed by atoms with E-state index in [-0.39, 0.29) is 0 Å². The molecule has 2 aromatic rings. The van der Waals surface area contributed by atoms with Gasteiger partial charge in [0.15, 0.2) is 0 Å². The van der Waals surface area contributed by atoms with Gasteiger partial charge in [0.05, 0.1) is 17.1 Å². The van der Waals surface area contributed by atoms with Gasteiger partial charge < -0.3 is 14.8 Å². The third-order valence-corrected chi connectivity index (χ3v) is 3.53. The highest BCUT2D eigenvalue weighted by Gasteiger charge is 2.33. The van der Waals surface area contributed by atoms with Crippen LogP contribution >= 0.6 is 0 Å². The van der Waals surface area contributed by atoms with Crippen molar-refractivity contribution in [3.63, 3.8) is 0 Å². The SMILES string of the molecule is CN1CCN(CC(F)(F)F)c2cc(N=Nc3ncc[nH]3)ccc21. The van der Waals surface area contributed by atoms with Crippen LogP contribution in [0.3, 0.4) is 0 Å². The molecule has 0 spiro atoms. The van der Waals surface area contributed by atoms with E-state index in [2.05, 4.69) is 20.2 Å². The Hall–Kier alpha value is -2.58. The number of H-pyrrole nitrogens is 1. The maximum absolute atomic E-state index is 12.8. The predicted octanol–water partition coefficient (Wildman–Crippen LogP) is 3.64. The first-order valence-electron chi connectivity index (χ1n) is 7.00. The van der Waals surface area contributed by atoms with E-state index in [9.17, 15) is 13.2 Å². The van der Waals surface area contributed by atoms with Crippen molar-refractivity contribution in [2.24, 2.45) is 10.2 Å². The molecule has 0 unspecified atom stereocenters. The second kappa shape index (κ2) is 5.90. The van der Waals surface area contributed by atoms with Crippen LogP contribution in [0.2, 0.25) is 0 Å². The van der Waals surface area contributed by atoms with Crippen LogP contribution < -0.4 is 9.80 Å². The van der Waals surface area contributed by atoms with Crippen molar-refractivity contribution in [2.45, 2.75) is 6.18 Å². The summed E-state index contributed by atoms with van der Waals surface area (Å²) in [6.07, 6.45) is -1.10. The number of fused-ring (bicyclic) bond motifs is 1. The average Bonchev–Trinajstić information content (AvgIpc) is 3.00. The van der Waals surface area contributed by atoms with Gasteiger partial charge in [0.25, 0.3) is 0 Å². The molecule has 1 aliphatic heterocycles. The van der Waals surface area contributed by atoms with Gasteiger partial charge in [-0.05, 0) is 18.2 Å². The number of nitrogens with zero attached hydrogens (tertiary/aromatic N) is 5. The molecule has 0 saturated heterocycles. The molecule has 1 aromatic heterocycles. The van der Waals surface area contributed by atoms with Crippen molar-refractivity contribution in [1.29, 1.82) is 0 Å². The molecule has 0 amide bonds. The van der Waals surface area contributed by atoms with Crippen molar-refractivity contribution in [1.82, 2.24) is 9.97 Å². The molecular formula is C14H15F3N6. The van der Waals surface area contributed by atoms with Crippen LogP contribution in [0.15, 0.2) is 40.8 Å². The van der Waals surface area contributed by atoms with E-state index < -0.39 is 12.7 Å². The highest BCUT2D eigenvalue weighted by Crippen LogP contribution is 2.37. The molecule has 0 bridgehead atoms. The minimum atomic E-state index is -4.25. The summed E-state index contributed by atoms with van der Waals surface area (Å²) in [6, 6.07) is 5.09. The molecule has 23 heavy (non-hydrogen) atoms. The van der Waals surface area contributed by atoms with Crippen molar-refractivity contribution in [3.8, 4) is 0 Å². The van der Waals surface area contributed by atoms with E-state index in [0.29, 0.717) is 30.4 Å². The smallest absolute Gasteiger partial charge is 0.371 e. The summed E-state index contributed by atoms with van der Waals surface area (Å²) < 4.78 is 38.3. The van der Waals surface area contributed by atoms with Gasteiger partial charge in [0, 0.05) is 32.5 Å². The van der Waals surface area contributed by atoms with Gasteiger partial charge in [-0.1, -0.05) is 0 Å². The molecule has 1 aromatic carbocycles. The molecule has 0 aliphatic carbocycles. The van der Waals surface area contributed by atoms with Crippen molar-refractivity contribution in [3.05, 3.63) is 30.6 Å². The Morgan fingerprint density at radius 1 is 1.22 bits per heavy atom. The lowest BCUT2D eigenvalue weighted by Crippen LogP contribution is -2.43. The summed E-state index contributed by atoms with van der Waals surface area (Å²) >= 11 is 0. The van der Waals surface area contributed by atoms with Gasteiger partial charge in [-0.3, -0.25) is 0 Å². The first-order chi connectivity index (χ1) is 10.9. The number of rotatable bonds is 3. The quantitative estimate of drug-likeness (QED) is 0.877. The van der Waals surface area contributed by atoms with Crippen LogP contribution in [0.25, 0.3) is 0 Å². The van der Waals surface area contributed by atoms with Gasteiger partial charge in [-0.2, -0.15) is 13.2 Å². The van der Waals surface area contributed by atoms with Crippen LogP contribution in [-0.2, 0) is 0 Å². The van der Waals surface area contributed by atoms with E-state index in [1.807, 2.05) is 11.9 Å². The van der Waals surface area contributed by atoms with E-state index in [1.54, 1.807) is 30.6 Å². The fourth-order valence-corrected chi connectivity index (χ4v) is 2.46. The molecule has 0 radical (unpaired) electrons. The number of nitrogens with one attached hydrogen (secondary N) is 1. The van der Waals surface area contributed by atoms with Gasteiger partial charge >= 0.3 is 6.18 Å². The summed E-state index contributed by atoms with van der Waals surface area (Å²) in [5, 5.41) is 7.93. The van der Waals surface area contributed by atoms with Gasteiger partial charge in [-0.25, -0.2) is 4.98 Å². The predicted molar refractivity (Wildman–Crippen MR) is 80.7 cm³/mol. The molecule has 1 N–H and O–H groups in total. The standard InChI is InChI=1S/C14H15F3N6/c1-22-6-7-23(9-14(15,16)17)12-8-10(2-3-11(12)22)20-21-13-18-4-5-19-13/h2-5,8H,6-7,9H2,1H3,(H,18,19). The van der Waals surface area contributed by atoms with Crippen LogP contribution in [0, 0.1) is 0 Å². The fourth-order valence-electron chi connectivity index (χ4n) is 2.46. The minimum absolute atomic E-state index is 0.307. The van der Waals surface area contributed by atoms with Crippen LogP contribution in [-0.4, -0.2) is 42.8 Å². The Balaban J connectivity index is 1.90. The van der Waals surface area contributed by atoms with Gasteiger partial charge in [0.2, 0.25) is 5.95 Å². The lowest BCUT2D eigenvalue weighted by Gasteiger charge is -2.37. The molecule has 0 atom stereocenters. The van der Waals surface area contributed by atoms with Crippen LogP contribution in [0.1, 0.15) is 0 Å². The first-order valence-corrected chi connectivity index (χ1v) is 7.00. The summed E-state index contributed by atoms with van der Waals surface area (Å²) in [4.78, 5) is 9.94. The topological polar surface area (TPSA) is 59.9 Å². The zero-order chi connectivity index (χ0) is 16.4. The third-order valence-electron chi connectivity index (χ3n) is 3.53. The second-order valence-corrected chi connectivity index (χ2v) is 5.24. The fraction of sp³-hybridized carbons (Fsp3) is 0.357. The number of imidazole rings is 1. The maximum Gasteiger partial charge on any atom is 0.405 e. The van der Waals surface area contributed by atoms with E-state index in [4.69, 9.17) is 0 Å².